The van der Waals surface area contributed by atoms with Crippen molar-refractivity contribution in [2.75, 3.05) is 5.32 Å². The third-order valence-corrected chi connectivity index (χ3v) is 3.89. The number of hydrogen-bond acceptors (Lipinski definition) is 1. The molecule has 0 spiro atoms. The number of anilines is 1. The summed E-state index contributed by atoms with van der Waals surface area (Å²) >= 11 is 5.37. The van der Waals surface area contributed by atoms with Crippen LogP contribution < -0.4 is 10.6 Å². The summed E-state index contributed by atoms with van der Waals surface area (Å²) in [4.78, 5) is 0. The zero-order valence-electron chi connectivity index (χ0n) is 12.1. The highest BCUT2D eigenvalue weighted by atomic mass is 32.1. The van der Waals surface area contributed by atoms with Gasteiger partial charge in [0.1, 0.15) is 0 Å². The highest BCUT2D eigenvalue weighted by molar-refractivity contribution is 7.80. The van der Waals surface area contributed by atoms with E-state index in [1.165, 1.54) is 11.1 Å². The largest absolute Gasteiger partial charge is 0.346 e. The minimum atomic E-state index is -0.359. The van der Waals surface area contributed by atoms with Crippen LogP contribution in [0.4, 0.5) is 5.69 Å². The minimum absolute atomic E-state index is 0.359. The Labute approximate surface area is 122 Å². The molecule has 0 aromatic heterocycles. The van der Waals surface area contributed by atoms with Crippen molar-refractivity contribution < 1.29 is 0 Å². The van der Waals surface area contributed by atoms with Crippen LogP contribution in [0.5, 0.6) is 0 Å². The molecule has 0 unspecified atom stereocenters. The van der Waals surface area contributed by atoms with Crippen molar-refractivity contribution in [2.45, 2.75) is 46.1 Å². The fourth-order valence-electron chi connectivity index (χ4n) is 1.92. The highest BCUT2D eigenvalue weighted by Gasteiger charge is 2.23. The zero-order chi connectivity index (χ0) is 14.5. The summed E-state index contributed by atoms with van der Waals surface area (Å²) in [6.07, 6.45) is 7.31. The molecule has 0 amide bonds. The molecule has 2 nitrogen and oxygen atoms in total. The molecule has 1 aromatic carbocycles. The van der Waals surface area contributed by atoms with E-state index in [0.29, 0.717) is 5.11 Å². The van der Waals surface area contributed by atoms with Crippen molar-refractivity contribution in [3.05, 3.63) is 29.3 Å². The Morgan fingerprint density at radius 2 is 1.95 bits per heavy atom. The van der Waals surface area contributed by atoms with E-state index in [4.69, 9.17) is 18.6 Å². The Morgan fingerprint density at radius 3 is 2.47 bits per heavy atom. The molecule has 0 radical (unpaired) electrons. The number of terminal acetylenes is 1. The van der Waals surface area contributed by atoms with Crippen molar-refractivity contribution >= 4 is 23.0 Å². The van der Waals surface area contributed by atoms with E-state index < -0.39 is 0 Å². The molecule has 1 aromatic rings. The van der Waals surface area contributed by atoms with Crippen LogP contribution in [-0.2, 0) is 0 Å². The Kier molecular flexibility index (Phi) is 5.38. The molecule has 0 saturated carbocycles. The molecule has 2 N–H and O–H groups in total. The van der Waals surface area contributed by atoms with E-state index in [0.717, 1.165) is 18.5 Å². The summed E-state index contributed by atoms with van der Waals surface area (Å²) in [5, 5.41) is 7.07. The van der Waals surface area contributed by atoms with Gasteiger partial charge >= 0.3 is 0 Å². The van der Waals surface area contributed by atoms with E-state index in [2.05, 4.69) is 50.3 Å². The summed E-state index contributed by atoms with van der Waals surface area (Å²) in [6.45, 7) is 8.29. The molecule has 19 heavy (non-hydrogen) atoms. The number of hydrogen-bond donors (Lipinski definition) is 2. The lowest BCUT2D eigenvalue weighted by atomic mass is 9.94. The molecule has 0 fully saturated rings. The van der Waals surface area contributed by atoms with Crippen LogP contribution >= 0.6 is 12.2 Å². The second-order valence-electron chi connectivity index (χ2n) is 4.76. The topological polar surface area (TPSA) is 24.1 Å². The van der Waals surface area contributed by atoms with Gasteiger partial charge in [-0.15, -0.1) is 6.42 Å². The minimum Gasteiger partial charge on any atom is -0.346 e. The van der Waals surface area contributed by atoms with Gasteiger partial charge in [-0.1, -0.05) is 31.9 Å². The third kappa shape index (κ3) is 3.71. The zero-order valence-corrected chi connectivity index (χ0v) is 12.9. The van der Waals surface area contributed by atoms with Crippen LogP contribution in [0.1, 0.15) is 37.8 Å². The van der Waals surface area contributed by atoms with Gasteiger partial charge in [-0.25, -0.2) is 0 Å². The molecule has 0 aliphatic carbocycles. The number of benzene rings is 1. The van der Waals surface area contributed by atoms with Gasteiger partial charge in [0.05, 0.1) is 5.54 Å². The molecule has 3 heteroatoms. The fraction of sp³-hybridized carbons (Fsp3) is 0.438. The predicted octanol–water partition coefficient (Wildman–Crippen LogP) is 3.78. The van der Waals surface area contributed by atoms with E-state index in [-0.39, 0.29) is 5.54 Å². The average Bonchev–Trinajstić information content (AvgIpc) is 2.41. The first-order valence-electron chi connectivity index (χ1n) is 6.61. The van der Waals surface area contributed by atoms with E-state index in [9.17, 15) is 0 Å². The molecule has 0 heterocycles. The lowest BCUT2D eigenvalue weighted by Crippen LogP contribution is -2.48. The number of nitrogens with one attached hydrogen (secondary N) is 2. The summed E-state index contributed by atoms with van der Waals surface area (Å²) in [5.74, 6) is 2.82. The third-order valence-electron chi connectivity index (χ3n) is 3.69. The summed E-state index contributed by atoms with van der Waals surface area (Å²) in [5.41, 5.74) is 3.10. The molecule has 0 aliphatic heterocycles. The van der Waals surface area contributed by atoms with Gasteiger partial charge in [0.2, 0.25) is 0 Å². The van der Waals surface area contributed by atoms with Crippen LogP contribution in [0, 0.1) is 26.2 Å². The molecular formula is C16H22N2S. The standard InChI is InChI=1S/C16H22N2S/c1-6-16(7-2,8-3)18-15(19)17-14-11-9-10-12(4)13(14)5/h1,9-11H,7-8H2,2-5H3,(H2,17,18,19). The average molecular weight is 274 g/mol. The van der Waals surface area contributed by atoms with Gasteiger partial charge < -0.3 is 10.6 Å². The Bertz CT molecular complexity index is 496. The molecule has 0 aliphatic rings. The Hall–Kier alpha value is -1.53. The van der Waals surface area contributed by atoms with Gasteiger partial charge in [0, 0.05) is 5.69 Å². The quantitative estimate of drug-likeness (QED) is 0.645. The lowest BCUT2D eigenvalue weighted by molar-refractivity contribution is 0.461. The molecule has 0 saturated heterocycles. The maximum absolute atomic E-state index is 5.62. The van der Waals surface area contributed by atoms with Crippen molar-refractivity contribution in [3.63, 3.8) is 0 Å². The van der Waals surface area contributed by atoms with Gasteiger partial charge in [0.15, 0.2) is 5.11 Å². The maximum Gasteiger partial charge on any atom is 0.171 e. The number of thiocarbonyl (C=S) groups is 1. The van der Waals surface area contributed by atoms with Crippen LogP contribution in [0.15, 0.2) is 18.2 Å². The van der Waals surface area contributed by atoms with Gasteiger partial charge in [-0.2, -0.15) is 0 Å². The Morgan fingerprint density at radius 1 is 1.32 bits per heavy atom. The highest BCUT2D eigenvalue weighted by Crippen LogP contribution is 2.19. The van der Waals surface area contributed by atoms with Crippen molar-refractivity contribution in [2.24, 2.45) is 0 Å². The van der Waals surface area contributed by atoms with Gasteiger partial charge in [-0.05, 0) is 56.1 Å². The molecule has 0 bridgehead atoms. The summed E-state index contributed by atoms with van der Waals surface area (Å²) < 4.78 is 0. The van der Waals surface area contributed by atoms with Crippen molar-refractivity contribution in [1.82, 2.24) is 5.32 Å². The van der Waals surface area contributed by atoms with Crippen molar-refractivity contribution in [3.8, 4) is 12.3 Å². The predicted molar refractivity (Wildman–Crippen MR) is 87.4 cm³/mol. The first-order valence-corrected chi connectivity index (χ1v) is 7.02. The number of rotatable bonds is 4. The fourth-order valence-corrected chi connectivity index (χ4v) is 2.23. The lowest BCUT2D eigenvalue weighted by Gasteiger charge is -2.29. The second kappa shape index (κ2) is 6.58. The smallest absolute Gasteiger partial charge is 0.171 e. The van der Waals surface area contributed by atoms with Gasteiger partial charge in [0.25, 0.3) is 0 Å². The van der Waals surface area contributed by atoms with Gasteiger partial charge in [-0.3, -0.25) is 0 Å². The van der Waals surface area contributed by atoms with Crippen LogP contribution in [0.3, 0.4) is 0 Å². The van der Waals surface area contributed by atoms with Crippen LogP contribution in [0.2, 0.25) is 0 Å². The maximum atomic E-state index is 5.62. The molecule has 0 atom stereocenters. The summed E-state index contributed by atoms with van der Waals surface area (Å²) in [7, 11) is 0. The van der Waals surface area contributed by atoms with Crippen molar-refractivity contribution in [1.29, 1.82) is 0 Å². The SMILES string of the molecule is C#CC(CC)(CC)NC(=S)Nc1cccc(C)c1C. The molecule has 1 rings (SSSR count). The monoisotopic (exact) mass is 274 g/mol. The molecule has 102 valence electrons. The first-order chi connectivity index (χ1) is 8.98. The van der Waals surface area contributed by atoms with E-state index in [1.807, 2.05) is 12.1 Å². The van der Waals surface area contributed by atoms with E-state index in [1.54, 1.807) is 0 Å². The molecular weight excluding hydrogens is 252 g/mol. The second-order valence-corrected chi connectivity index (χ2v) is 5.17. The van der Waals surface area contributed by atoms with Crippen LogP contribution in [0.25, 0.3) is 0 Å². The summed E-state index contributed by atoms with van der Waals surface area (Å²) in [6, 6.07) is 6.12. The first kappa shape index (κ1) is 15.5. The van der Waals surface area contributed by atoms with E-state index >= 15 is 0 Å². The van der Waals surface area contributed by atoms with Crippen LogP contribution in [-0.4, -0.2) is 10.7 Å². The Balaban J connectivity index is 2.81. The number of aryl methyl sites for hydroxylation is 1. The normalized spacial score (nSPS) is 10.7.